The van der Waals surface area contributed by atoms with Crippen molar-refractivity contribution in [3.8, 4) is 44.9 Å². The molecule has 2 aliphatic carbocycles. The maximum absolute atomic E-state index is 7.28. The molecule has 2 heteroatoms. The highest BCUT2D eigenvalue weighted by molar-refractivity contribution is 6.06. The Morgan fingerprint density at radius 2 is 0.833 bits per heavy atom. The summed E-state index contributed by atoms with van der Waals surface area (Å²) < 4.78 is 7.28. The van der Waals surface area contributed by atoms with Crippen LogP contribution >= 0.6 is 0 Å². The smallest absolute Gasteiger partial charge is 0.140 e. The lowest BCUT2D eigenvalue weighted by Gasteiger charge is -2.40. The summed E-state index contributed by atoms with van der Waals surface area (Å²) in [4.78, 5) is 2.52. The third kappa shape index (κ3) is 4.91. The average molecular weight is 842 g/mol. The summed E-state index contributed by atoms with van der Waals surface area (Å²) in [6.45, 7) is 4.74. The lowest BCUT2D eigenvalue weighted by Crippen LogP contribution is -2.32. The van der Waals surface area contributed by atoms with Gasteiger partial charge in [0.25, 0.3) is 0 Å². The molecule has 0 atom stereocenters. The van der Waals surface area contributed by atoms with E-state index in [1.54, 1.807) is 0 Å². The highest BCUT2D eigenvalue weighted by Crippen LogP contribution is 2.65. The van der Waals surface area contributed by atoms with Crippen molar-refractivity contribution in [3.63, 3.8) is 0 Å². The van der Waals surface area contributed by atoms with Crippen LogP contribution in [0.15, 0.2) is 224 Å². The van der Waals surface area contributed by atoms with Gasteiger partial charge in [-0.1, -0.05) is 214 Å². The van der Waals surface area contributed by atoms with Crippen molar-refractivity contribution in [1.29, 1.82) is 0 Å². The van der Waals surface area contributed by atoms with Gasteiger partial charge in [-0.25, -0.2) is 0 Å². The van der Waals surface area contributed by atoms with E-state index in [0.717, 1.165) is 50.1 Å². The van der Waals surface area contributed by atoms with Gasteiger partial charge in [0.05, 0.1) is 16.8 Å². The first-order valence-corrected chi connectivity index (χ1v) is 23.1. The summed E-state index contributed by atoms with van der Waals surface area (Å²) in [5, 5.41) is 6.97. The standard InChI is InChI=1S/C64H43NO/c1-63(2)52-28-12-9-24-47(52)48-36-35-43(39-57(48)63)65(58-32-15-20-40-17-3-6-21-44(40)58)59-31-14-11-25-49(59)50-27-16-30-54-60(50)51-26-10-13-29-53(51)64(54)55-37-33-41-18-4-7-22-45(41)61(55)66-62-46-23-8-5-19-42(46)34-38-56(62)64/h3-39H,1-2H3. The summed E-state index contributed by atoms with van der Waals surface area (Å²) in [5.41, 5.74) is 17.7. The second-order valence-electron chi connectivity index (χ2n) is 18.7. The van der Waals surface area contributed by atoms with E-state index in [1.807, 2.05) is 0 Å². The van der Waals surface area contributed by atoms with Crippen LogP contribution < -0.4 is 9.64 Å². The number of fused-ring (bicyclic) bond motifs is 17. The average Bonchev–Trinajstić information content (AvgIpc) is 3.79. The van der Waals surface area contributed by atoms with E-state index in [0.29, 0.717) is 0 Å². The first-order chi connectivity index (χ1) is 32.5. The van der Waals surface area contributed by atoms with Crippen LogP contribution in [0.1, 0.15) is 47.2 Å². The van der Waals surface area contributed by atoms with E-state index in [-0.39, 0.29) is 5.41 Å². The number of benzene rings is 11. The summed E-state index contributed by atoms with van der Waals surface area (Å²) in [7, 11) is 0. The highest BCUT2D eigenvalue weighted by atomic mass is 16.5. The van der Waals surface area contributed by atoms with Gasteiger partial charge in [-0.2, -0.15) is 0 Å². The van der Waals surface area contributed by atoms with Crippen LogP contribution in [0.25, 0.3) is 65.7 Å². The molecule has 1 spiro atoms. The van der Waals surface area contributed by atoms with Crippen LogP contribution in [0.3, 0.4) is 0 Å². The summed E-state index contributed by atoms with van der Waals surface area (Å²) in [6.07, 6.45) is 0. The summed E-state index contributed by atoms with van der Waals surface area (Å²) in [6, 6.07) is 83.3. The molecule has 0 saturated carbocycles. The minimum Gasteiger partial charge on any atom is -0.455 e. The number of para-hydroxylation sites is 1. The van der Waals surface area contributed by atoms with Crippen LogP contribution in [0, 0.1) is 0 Å². The topological polar surface area (TPSA) is 12.5 Å². The van der Waals surface area contributed by atoms with Crippen molar-refractivity contribution in [2.75, 3.05) is 4.90 Å². The maximum atomic E-state index is 7.28. The first kappa shape index (κ1) is 37.2. The zero-order valence-corrected chi connectivity index (χ0v) is 36.7. The van der Waals surface area contributed by atoms with Gasteiger partial charge in [0.1, 0.15) is 11.5 Å². The summed E-state index contributed by atoms with van der Waals surface area (Å²) in [5.74, 6) is 1.85. The molecule has 0 saturated heterocycles. The third-order valence-corrected chi connectivity index (χ3v) is 15.1. The molecular weight excluding hydrogens is 799 g/mol. The van der Waals surface area contributed by atoms with E-state index in [9.17, 15) is 0 Å². The van der Waals surface area contributed by atoms with Gasteiger partial charge in [-0.05, 0) is 90.5 Å². The fourth-order valence-corrected chi connectivity index (χ4v) is 12.2. The molecule has 0 unspecified atom stereocenters. The minimum atomic E-state index is -0.649. The minimum absolute atomic E-state index is 0.156. The Bertz CT molecular complexity index is 3760. The van der Waals surface area contributed by atoms with E-state index >= 15 is 0 Å². The molecule has 1 heterocycles. The molecule has 11 aromatic rings. The number of hydrogen-bond donors (Lipinski definition) is 0. The second-order valence-corrected chi connectivity index (χ2v) is 18.7. The molecule has 0 amide bonds. The Kier molecular flexibility index (Phi) is 7.70. The SMILES string of the molecule is CC1(C)c2ccccc2-c2ccc(N(c3ccccc3-c3cccc4c3-c3ccccc3C43c4ccc5ccccc5c4Oc4c3ccc3ccccc43)c3cccc4ccccc34)cc21. The monoisotopic (exact) mass is 841 g/mol. The lowest BCUT2D eigenvalue weighted by molar-refractivity contribution is 0.447. The second kappa shape index (κ2) is 13.7. The molecule has 14 rings (SSSR count). The molecule has 11 aromatic carbocycles. The Labute approximate surface area is 384 Å². The lowest BCUT2D eigenvalue weighted by atomic mass is 9.65. The molecule has 1 aliphatic heterocycles. The van der Waals surface area contributed by atoms with Crippen LogP contribution in [0.4, 0.5) is 17.1 Å². The fourth-order valence-electron chi connectivity index (χ4n) is 12.2. The molecular formula is C64H43NO. The van der Waals surface area contributed by atoms with E-state index in [2.05, 4.69) is 243 Å². The van der Waals surface area contributed by atoms with Crippen molar-refractivity contribution in [3.05, 3.63) is 258 Å². The normalized spacial score (nSPS) is 14.3. The van der Waals surface area contributed by atoms with Crippen molar-refractivity contribution >= 4 is 49.4 Å². The molecule has 66 heavy (non-hydrogen) atoms. The zero-order chi connectivity index (χ0) is 43.7. The Hall–Kier alpha value is -8.20. The van der Waals surface area contributed by atoms with E-state index in [4.69, 9.17) is 4.74 Å². The van der Waals surface area contributed by atoms with Crippen molar-refractivity contribution in [2.24, 2.45) is 0 Å². The zero-order valence-electron chi connectivity index (χ0n) is 36.7. The fraction of sp³-hybridized carbons (Fsp3) is 0.0625. The molecule has 2 nitrogen and oxygen atoms in total. The Balaban J connectivity index is 1.06. The van der Waals surface area contributed by atoms with Gasteiger partial charge in [-0.3, -0.25) is 0 Å². The molecule has 0 N–H and O–H groups in total. The molecule has 3 aliphatic rings. The number of ether oxygens (including phenoxy) is 1. The largest absolute Gasteiger partial charge is 0.455 e. The van der Waals surface area contributed by atoms with Crippen molar-refractivity contribution in [1.82, 2.24) is 0 Å². The third-order valence-electron chi connectivity index (χ3n) is 15.1. The molecule has 0 fully saturated rings. The van der Waals surface area contributed by atoms with Crippen molar-refractivity contribution in [2.45, 2.75) is 24.7 Å². The number of hydrogen-bond acceptors (Lipinski definition) is 2. The van der Waals surface area contributed by atoms with Gasteiger partial charge in [0, 0.05) is 44.0 Å². The van der Waals surface area contributed by atoms with Gasteiger partial charge in [0.15, 0.2) is 0 Å². The van der Waals surface area contributed by atoms with Gasteiger partial charge in [0.2, 0.25) is 0 Å². The quantitative estimate of drug-likeness (QED) is 0.175. The van der Waals surface area contributed by atoms with Crippen LogP contribution in [-0.4, -0.2) is 0 Å². The summed E-state index contributed by atoms with van der Waals surface area (Å²) >= 11 is 0. The molecule has 0 bridgehead atoms. The van der Waals surface area contributed by atoms with Gasteiger partial charge in [-0.15, -0.1) is 0 Å². The molecule has 0 radical (unpaired) electrons. The maximum Gasteiger partial charge on any atom is 0.140 e. The van der Waals surface area contributed by atoms with Crippen LogP contribution in [0.2, 0.25) is 0 Å². The van der Waals surface area contributed by atoms with Gasteiger partial charge >= 0.3 is 0 Å². The van der Waals surface area contributed by atoms with Gasteiger partial charge < -0.3 is 9.64 Å². The number of nitrogens with zero attached hydrogens (tertiary/aromatic N) is 1. The van der Waals surface area contributed by atoms with E-state index < -0.39 is 5.41 Å². The van der Waals surface area contributed by atoms with Crippen LogP contribution in [-0.2, 0) is 10.8 Å². The first-order valence-electron chi connectivity index (χ1n) is 23.1. The Morgan fingerprint density at radius 3 is 1.56 bits per heavy atom. The van der Waals surface area contributed by atoms with E-state index in [1.165, 1.54) is 77.5 Å². The van der Waals surface area contributed by atoms with Crippen LogP contribution in [0.5, 0.6) is 11.5 Å². The molecule has 0 aromatic heterocycles. The predicted molar refractivity (Wildman–Crippen MR) is 274 cm³/mol. The Morgan fingerprint density at radius 1 is 0.333 bits per heavy atom. The number of anilines is 3. The van der Waals surface area contributed by atoms with Crippen molar-refractivity contribution < 1.29 is 4.74 Å². The highest BCUT2D eigenvalue weighted by Gasteiger charge is 2.52. The number of rotatable bonds is 4. The predicted octanol–water partition coefficient (Wildman–Crippen LogP) is 17.1. The molecule has 310 valence electrons.